The topological polar surface area (TPSA) is 27.1 Å². The Labute approximate surface area is 116 Å². The quantitative estimate of drug-likeness (QED) is 0.849. The molecule has 2 aromatic rings. The summed E-state index contributed by atoms with van der Waals surface area (Å²) in [4.78, 5) is 4.40. The third kappa shape index (κ3) is 2.93. The number of benzene rings is 1. The van der Waals surface area contributed by atoms with E-state index < -0.39 is 0 Å². The number of aryl methyl sites for hydroxylation is 1. The van der Waals surface area contributed by atoms with Crippen LogP contribution in [0.4, 0.5) is 0 Å². The Morgan fingerprint density at radius 3 is 2.83 bits per heavy atom. The van der Waals surface area contributed by atoms with Gasteiger partial charge < -0.3 is 9.30 Å². The minimum absolute atomic E-state index is 0.397. The minimum atomic E-state index is 0.397. The van der Waals surface area contributed by atoms with Crippen LogP contribution < -0.4 is 4.74 Å². The Kier molecular flexibility index (Phi) is 4.07. The van der Waals surface area contributed by atoms with Crippen LogP contribution in [0.25, 0.3) is 0 Å². The maximum absolute atomic E-state index is 5.76. The fourth-order valence-corrected chi connectivity index (χ4v) is 2.39. The normalized spacial score (nSPS) is 10.9. The van der Waals surface area contributed by atoms with Crippen molar-refractivity contribution >= 4 is 15.9 Å². The van der Waals surface area contributed by atoms with E-state index in [1.165, 1.54) is 0 Å². The predicted molar refractivity (Wildman–Crippen MR) is 75.8 cm³/mol. The second-order valence-corrected chi connectivity index (χ2v) is 5.44. The summed E-state index contributed by atoms with van der Waals surface area (Å²) in [6.45, 7) is 6.85. The third-order valence-electron chi connectivity index (χ3n) is 2.74. The van der Waals surface area contributed by atoms with Gasteiger partial charge in [-0.25, -0.2) is 4.98 Å². The van der Waals surface area contributed by atoms with E-state index in [1.807, 2.05) is 30.5 Å². The van der Waals surface area contributed by atoms with Crippen LogP contribution in [-0.4, -0.2) is 9.55 Å². The summed E-state index contributed by atoms with van der Waals surface area (Å²) >= 11 is 3.43. The van der Waals surface area contributed by atoms with Gasteiger partial charge in [0.2, 0.25) is 0 Å². The number of aromatic nitrogens is 2. The first-order chi connectivity index (χ1) is 8.58. The lowest BCUT2D eigenvalue weighted by molar-refractivity contribution is 0.285. The molecule has 1 aromatic heterocycles. The molecule has 1 heterocycles. The van der Waals surface area contributed by atoms with Crippen molar-refractivity contribution in [1.29, 1.82) is 0 Å². The van der Waals surface area contributed by atoms with Gasteiger partial charge in [0.15, 0.2) is 0 Å². The van der Waals surface area contributed by atoms with Gasteiger partial charge in [0.1, 0.15) is 18.2 Å². The number of hydrogen-bond donors (Lipinski definition) is 0. The van der Waals surface area contributed by atoms with Crippen molar-refractivity contribution in [1.82, 2.24) is 9.55 Å². The molecule has 4 heteroatoms. The molecule has 0 aliphatic rings. The molecule has 0 fully saturated rings. The molecule has 96 valence electrons. The van der Waals surface area contributed by atoms with E-state index in [-0.39, 0.29) is 0 Å². The summed E-state index contributed by atoms with van der Waals surface area (Å²) in [6, 6.07) is 8.23. The van der Waals surface area contributed by atoms with E-state index in [0.29, 0.717) is 12.6 Å². The highest BCUT2D eigenvalue weighted by atomic mass is 79.9. The molecule has 3 nitrogen and oxygen atoms in total. The van der Waals surface area contributed by atoms with Gasteiger partial charge in [-0.05, 0) is 39.0 Å². The Morgan fingerprint density at radius 2 is 2.17 bits per heavy atom. The van der Waals surface area contributed by atoms with Crippen molar-refractivity contribution in [2.24, 2.45) is 0 Å². The Balaban J connectivity index is 2.11. The highest BCUT2D eigenvalue weighted by Gasteiger charge is 2.10. The van der Waals surface area contributed by atoms with Crippen LogP contribution in [0.2, 0.25) is 0 Å². The first-order valence-corrected chi connectivity index (χ1v) is 6.78. The average molecular weight is 309 g/mol. The highest BCUT2D eigenvalue weighted by molar-refractivity contribution is 9.10. The van der Waals surface area contributed by atoms with Gasteiger partial charge >= 0.3 is 0 Å². The highest BCUT2D eigenvalue weighted by Crippen LogP contribution is 2.20. The average Bonchev–Trinajstić information content (AvgIpc) is 2.68. The molecule has 0 saturated carbocycles. The second-order valence-electron chi connectivity index (χ2n) is 4.53. The summed E-state index contributed by atoms with van der Waals surface area (Å²) in [5.41, 5.74) is 1.16. The summed E-state index contributed by atoms with van der Waals surface area (Å²) < 4.78 is 8.97. The molecule has 0 atom stereocenters. The van der Waals surface area contributed by atoms with Gasteiger partial charge in [-0.15, -0.1) is 0 Å². The number of ether oxygens (including phenoxy) is 1. The molecular weight excluding hydrogens is 292 g/mol. The maximum atomic E-state index is 5.76. The number of nitrogens with zero attached hydrogens (tertiary/aromatic N) is 2. The molecule has 0 N–H and O–H groups in total. The maximum Gasteiger partial charge on any atom is 0.147 e. The molecule has 18 heavy (non-hydrogen) atoms. The Bertz CT molecular complexity index is 534. The van der Waals surface area contributed by atoms with Crippen LogP contribution in [0.1, 0.15) is 31.4 Å². The number of hydrogen-bond acceptors (Lipinski definition) is 2. The molecule has 0 saturated heterocycles. The van der Waals surface area contributed by atoms with Crippen molar-refractivity contribution < 1.29 is 4.74 Å². The molecule has 0 radical (unpaired) electrons. The van der Waals surface area contributed by atoms with Gasteiger partial charge in [0.25, 0.3) is 0 Å². The molecule has 0 aliphatic carbocycles. The van der Waals surface area contributed by atoms with Gasteiger partial charge in [0.05, 0.1) is 0 Å². The van der Waals surface area contributed by atoms with E-state index in [1.54, 1.807) is 0 Å². The lowest BCUT2D eigenvalue weighted by Crippen LogP contribution is -2.10. The molecule has 0 amide bonds. The SMILES string of the molecule is Cc1cnc(COc2cccc(Br)c2)n1C(C)C. The Morgan fingerprint density at radius 1 is 1.39 bits per heavy atom. The molecular formula is C14H17BrN2O. The number of halogens is 1. The molecule has 0 bridgehead atoms. The number of rotatable bonds is 4. The zero-order valence-electron chi connectivity index (χ0n) is 10.9. The van der Waals surface area contributed by atoms with Crippen molar-refractivity contribution in [3.63, 3.8) is 0 Å². The van der Waals surface area contributed by atoms with Crippen LogP contribution in [0.15, 0.2) is 34.9 Å². The van der Waals surface area contributed by atoms with E-state index in [2.05, 4.69) is 46.3 Å². The third-order valence-corrected chi connectivity index (χ3v) is 3.23. The van der Waals surface area contributed by atoms with E-state index in [4.69, 9.17) is 4.74 Å². The van der Waals surface area contributed by atoms with Crippen molar-refractivity contribution in [2.45, 2.75) is 33.4 Å². The van der Waals surface area contributed by atoms with Gasteiger partial charge in [-0.1, -0.05) is 22.0 Å². The van der Waals surface area contributed by atoms with Crippen molar-refractivity contribution in [2.75, 3.05) is 0 Å². The first-order valence-electron chi connectivity index (χ1n) is 5.99. The summed E-state index contributed by atoms with van der Waals surface area (Å²) in [7, 11) is 0. The van der Waals surface area contributed by atoms with Gasteiger partial charge in [0, 0.05) is 22.4 Å². The predicted octanol–water partition coefficient (Wildman–Crippen LogP) is 4.11. The summed E-state index contributed by atoms with van der Waals surface area (Å²) in [5, 5.41) is 0. The first kappa shape index (κ1) is 13.1. The minimum Gasteiger partial charge on any atom is -0.486 e. The van der Waals surface area contributed by atoms with Crippen molar-refractivity contribution in [3.8, 4) is 5.75 Å². The fraction of sp³-hybridized carbons (Fsp3) is 0.357. The van der Waals surface area contributed by atoms with E-state index >= 15 is 0 Å². The summed E-state index contributed by atoms with van der Waals surface area (Å²) in [6.07, 6.45) is 1.89. The van der Waals surface area contributed by atoms with Crippen LogP contribution in [0.3, 0.4) is 0 Å². The van der Waals surface area contributed by atoms with Crippen LogP contribution >= 0.6 is 15.9 Å². The second kappa shape index (κ2) is 5.57. The molecule has 0 spiro atoms. The monoisotopic (exact) mass is 308 g/mol. The zero-order valence-corrected chi connectivity index (χ0v) is 12.4. The number of imidazole rings is 1. The fourth-order valence-electron chi connectivity index (χ4n) is 2.01. The van der Waals surface area contributed by atoms with Crippen molar-refractivity contribution in [3.05, 3.63) is 46.5 Å². The smallest absolute Gasteiger partial charge is 0.147 e. The zero-order chi connectivity index (χ0) is 13.1. The van der Waals surface area contributed by atoms with Gasteiger partial charge in [-0.3, -0.25) is 0 Å². The van der Waals surface area contributed by atoms with Crippen LogP contribution in [0, 0.1) is 6.92 Å². The van der Waals surface area contributed by atoms with Crippen LogP contribution in [0.5, 0.6) is 5.75 Å². The van der Waals surface area contributed by atoms with Crippen LogP contribution in [-0.2, 0) is 6.61 Å². The molecule has 0 aliphatic heterocycles. The lowest BCUT2D eigenvalue weighted by atomic mass is 10.3. The Hall–Kier alpha value is -1.29. The largest absolute Gasteiger partial charge is 0.486 e. The summed E-state index contributed by atoms with van der Waals surface area (Å²) in [5.74, 6) is 1.81. The molecule has 1 aromatic carbocycles. The lowest BCUT2D eigenvalue weighted by Gasteiger charge is -2.14. The molecule has 2 rings (SSSR count). The molecule has 0 unspecified atom stereocenters. The standard InChI is InChI=1S/C14H17BrN2O/c1-10(2)17-11(3)8-16-14(17)9-18-13-6-4-5-12(15)7-13/h4-8,10H,9H2,1-3H3. The van der Waals surface area contributed by atoms with E-state index in [9.17, 15) is 0 Å². The van der Waals surface area contributed by atoms with E-state index in [0.717, 1.165) is 21.7 Å². The van der Waals surface area contributed by atoms with Gasteiger partial charge in [-0.2, -0.15) is 0 Å².